The summed E-state index contributed by atoms with van der Waals surface area (Å²) in [7, 11) is 1.83. The van der Waals surface area contributed by atoms with E-state index in [1.165, 1.54) is 0 Å². The van der Waals surface area contributed by atoms with Crippen molar-refractivity contribution >= 4 is 5.91 Å². The van der Waals surface area contributed by atoms with Crippen LogP contribution < -0.4 is 5.32 Å². The van der Waals surface area contributed by atoms with Crippen LogP contribution >= 0.6 is 0 Å². The molecule has 0 spiro atoms. The summed E-state index contributed by atoms with van der Waals surface area (Å²) in [5.41, 5.74) is 0. The summed E-state index contributed by atoms with van der Waals surface area (Å²) in [4.78, 5) is 20.9. The van der Waals surface area contributed by atoms with Gasteiger partial charge in [-0.05, 0) is 19.4 Å². The number of hydrogen-bond acceptors (Lipinski definition) is 3. The van der Waals surface area contributed by atoms with Gasteiger partial charge in [-0.2, -0.15) is 0 Å². The summed E-state index contributed by atoms with van der Waals surface area (Å²) < 4.78 is 0. The molecule has 88 valence electrons. The van der Waals surface area contributed by atoms with Gasteiger partial charge in [-0.1, -0.05) is 0 Å². The van der Waals surface area contributed by atoms with E-state index in [2.05, 4.69) is 15.3 Å². The van der Waals surface area contributed by atoms with Gasteiger partial charge in [0.05, 0.1) is 12.5 Å². The summed E-state index contributed by atoms with van der Waals surface area (Å²) in [5, 5.41) is 3.26. The third kappa shape index (κ3) is 2.61. The maximum absolute atomic E-state index is 12.1. The molecule has 0 radical (unpaired) electrons. The van der Waals surface area contributed by atoms with E-state index in [0.717, 1.165) is 31.8 Å². The Morgan fingerprint density at radius 3 is 3.19 bits per heavy atom. The summed E-state index contributed by atoms with van der Waals surface area (Å²) in [6, 6.07) is 0. The lowest BCUT2D eigenvalue weighted by Crippen LogP contribution is -2.41. The molecule has 1 aliphatic heterocycles. The minimum atomic E-state index is 0.133. The lowest BCUT2D eigenvalue weighted by molar-refractivity contribution is -0.135. The Balaban J connectivity index is 1.88. The largest absolute Gasteiger partial charge is 0.347 e. The Labute approximate surface area is 95.2 Å². The SMILES string of the molecule is CN(Cc1ncc[nH]1)C(=O)[C@H]1CCCNC1. The zero-order valence-electron chi connectivity index (χ0n) is 9.57. The highest BCUT2D eigenvalue weighted by atomic mass is 16.2. The highest BCUT2D eigenvalue weighted by Crippen LogP contribution is 2.13. The van der Waals surface area contributed by atoms with Crippen LogP contribution in [0.4, 0.5) is 0 Å². The first-order valence-corrected chi connectivity index (χ1v) is 5.71. The number of rotatable bonds is 3. The van der Waals surface area contributed by atoms with Crippen LogP contribution in [0.3, 0.4) is 0 Å². The van der Waals surface area contributed by atoms with Crippen LogP contribution in [0.15, 0.2) is 12.4 Å². The Morgan fingerprint density at radius 1 is 1.69 bits per heavy atom. The van der Waals surface area contributed by atoms with Gasteiger partial charge in [-0.15, -0.1) is 0 Å². The van der Waals surface area contributed by atoms with Crippen LogP contribution in [0, 0.1) is 5.92 Å². The monoisotopic (exact) mass is 222 g/mol. The molecule has 1 atom stereocenters. The van der Waals surface area contributed by atoms with Crippen LogP contribution in [0.1, 0.15) is 18.7 Å². The fraction of sp³-hybridized carbons (Fsp3) is 0.636. The number of piperidine rings is 1. The molecule has 1 aromatic heterocycles. The topological polar surface area (TPSA) is 61.0 Å². The van der Waals surface area contributed by atoms with Crippen LogP contribution in [-0.4, -0.2) is 40.9 Å². The molecule has 5 heteroatoms. The number of nitrogens with zero attached hydrogens (tertiary/aromatic N) is 2. The molecule has 0 bridgehead atoms. The van der Waals surface area contributed by atoms with E-state index in [0.29, 0.717) is 6.54 Å². The predicted octanol–water partition coefficient (Wildman–Crippen LogP) is 0.368. The number of aromatic amines is 1. The van der Waals surface area contributed by atoms with Gasteiger partial charge in [0.25, 0.3) is 0 Å². The third-order valence-electron chi connectivity index (χ3n) is 2.96. The van der Waals surface area contributed by atoms with Gasteiger partial charge >= 0.3 is 0 Å². The Hall–Kier alpha value is -1.36. The van der Waals surface area contributed by atoms with Gasteiger partial charge in [-0.3, -0.25) is 4.79 Å². The Bertz CT molecular complexity index is 330. The lowest BCUT2D eigenvalue weighted by Gasteiger charge is -2.26. The zero-order chi connectivity index (χ0) is 11.4. The minimum absolute atomic E-state index is 0.133. The summed E-state index contributed by atoms with van der Waals surface area (Å²) in [6.45, 7) is 2.40. The van der Waals surface area contributed by atoms with E-state index in [9.17, 15) is 4.79 Å². The molecule has 1 saturated heterocycles. The first kappa shape index (κ1) is 11.1. The molecule has 1 aromatic rings. The zero-order valence-corrected chi connectivity index (χ0v) is 9.57. The second-order valence-corrected chi connectivity index (χ2v) is 4.27. The van der Waals surface area contributed by atoms with Gasteiger partial charge in [0.1, 0.15) is 5.82 Å². The quantitative estimate of drug-likeness (QED) is 0.776. The highest BCUT2D eigenvalue weighted by molar-refractivity contribution is 5.78. The van der Waals surface area contributed by atoms with Crippen LogP contribution in [0.5, 0.6) is 0 Å². The summed E-state index contributed by atoms with van der Waals surface area (Å²) in [5.74, 6) is 1.18. The number of imidazole rings is 1. The Morgan fingerprint density at radius 2 is 2.56 bits per heavy atom. The average Bonchev–Trinajstić information content (AvgIpc) is 2.82. The van der Waals surface area contributed by atoms with Crippen LogP contribution in [-0.2, 0) is 11.3 Å². The van der Waals surface area contributed by atoms with Crippen molar-refractivity contribution in [2.45, 2.75) is 19.4 Å². The van der Waals surface area contributed by atoms with Crippen LogP contribution in [0.25, 0.3) is 0 Å². The molecule has 1 amide bonds. The van der Waals surface area contributed by atoms with Crippen molar-refractivity contribution in [3.05, 3.63) is 18.2 Å². The van der Waals surface area contributed by atoms with Crippen LogP contribution in [0.2, 0.25) is 0 Å². The number of aromatic nitrogens is 2. The normalized spacial score (nSPS) is 20.7. The molecule has 16 heavy (non-hydrogen) atoms. The number of amides is 1. The molecule has 0 aromatic carbocycles. The predicted molar refractivity (Wildman–Crippen MR) is 60.7 cm³/mol. The van der Waals surface area contributed by atoms with Crippen molar-refractivity contribution in [3.8, 4) is 0 Å². The van der Waals surface area contributed by atoms with E-state index in [1.807, 2.05) is 7.05 Å². The molecule has 2 rings (SSSR count). The Kier molecular flexibility index (Phi) is 3.56. The highest BCUT2D eigenvalue weighted by Gasteiger charge is 2.24. The maximum Gasteiger partial charge on any atom is 0.227 e. The minimum Gasteiger partial charge on any atom is -0.347 e. The third-order valence-corrected chi connectivity index (χ3v) is 2.96. The van der Waals surface area contributed by atoms with Crippen molar-refractivity contribution in [2.75, 3.05) is 20.1 Å². The van der Waals surface area contributed by atoms with E-state index in [-0.39, 0.29) is 11.8 Å². The second kappa shape index (κ2) is 5.12. The van der Waals surface area contributed by atoms with Gasteiger partial charge in [0.2, 0.25) is 5.91 Å². The van der Waals surface area contributed by atoms with Crippen molar-refractivity contribution in [2.24, 2.45) is 5.92 Å². The first-order valence-electron chi connectivity index (χ1n) is 5.71. The molecular weight excluding hydrogens is 204 g/mol. The number of H-pyrrole nitrogens is 1. The van der Waals surface area contributed by atoms with Crippen molar-refractivity contribution < 1.29 is 4.79 Å². The molecular formula is C11H18N4O. The molecule has 5 nitrogen and oxygen atoms in total. The molecule has 0 unspecified atom stereocenters. The smallest absolute Gasteiger partial charge is 0.227 e. The van der Waals surface area contributed by atoms with Gasteiger partial charge in [0, 0.05) is 26.0 Å². The number of nitrogens with one attached hydrogen (secondary N) is 2. The second-order valence-electron chi connectivity index (χ2n) is 4.27. The fourth-order valence-electron chi connectivity index (χ4n) is 2.06. The van der Waals surface area contributed by atoms with Crippen molar-refractivity contribution in [3.63, 3.8) is 0 Å². The summed E-state index contributed by atoms with van der Waals surface area (Å²) >= 11 is 0. The molecule has 1 aliphatic rings. The average molecular weight is 222 g/mol. The first-order chi connectivity index (χ1) is 7.77. The van der Waals surface area contributed by atoms with E-state index in [1.54, 1.807) is 17.3 Å². The van der Waals surface area contributed by atoms with E-state index < -0.39 is 0 Å². The van der Waals surface area contributed by atoms with E-state index >= 15 is 0 Å². The number of carbonyl (C=O) groups is 1. The number of hydrogen-bond donors (Lipinski definition) is 2. The van der Waals surface area contributed by atoms with Crippen molar-refractivity contribution in [1.82, 2.24) is 20.2 Å². The van der Waals surface area contributed by atoms with Gasteiger partial charge < -0.3 is 15.2 Å². The summed E-state index contributed by atoms with van der Waals surface area (Å²) in [6.07, 6.45) is 5.56. The molecule has 0 aliphatic carbocycles. The van der Waals surface area contributed by atoms with Gasteiger partial charge in [-0.25, -0.2) is 4.98 Å². The lowest BCUT2D eigenvalue weighted by atomic mass is 9.98. The molecule has 2 N–H and O–H groups in total. The van der Waals surface area contributed by atoms with Crippen molar-refractivity contribution in [1.29, 1.82) is 0 Å². The fourth-order valence-corrected chi connectivity index (χ4v) is 2.06. The molecule has 0 saturated carbocycles. The molecule has 2 heterocycles. The van der Waals surface area contributed by atoms with E-state index in [4.69, 9.17) is 0 Å². The molecule has 1 fully saturated rings. The number of carbonyl (C=O) groups excluding carboxylic acids is 1. The maximum atomic E-state index is 12.1. The standard InChI is InChI=1S/C11H18N4O/c1-15(8-10-13-5-6-14-10)11(16)9-3-2-4-12-7-9/h5-6,9,12H,2-4,7-8H2,1H3,(H,13,14)/t9-/m0/s1. The van der Waals surface area contributed by atoms with Gasteiger partial charge in [0.15, 0.2) is 0 Å².